The molecule has 2 rings (SSSR count). The fourth-order valence-corrected chi connectivity index (χ4v) is 2.17. The van der Waals surface area contributed by atoms with Gasteiger partial charge in [0, 0.05) is 38.7 Å². The lowest BCUT2D eigenvalue weighted by Crippen LogP contribution is -2.32. The predicted molar refractivity (Wildman–Crippen MR) is 92.7 cm³/mol. The minimum Gasteiger partial charge on any atom is -0.349 e. The summed E-state index contributed by atoms with van der Waals surface area (Å²) in [5, 5.41) is 2.86. The lowest BCUT2D eigenvalue weighted by atomic mass is 10.1. The van der Waals surface area contributed by atoms with Crippen molar-refractivity contribution < 1.29 is 9.59 Å². The molecule has 0 fully saturated rings. The summed E-state index contributed by atoms with van der Waals surface area (Å²) in [7, 11) is 5.12. The number of nitrogens with one attached hydrogen (secondary N) is 2. The van der Waals surface area contributed by atoms with E-state index in [-0.39, 0.29) is 18.4 Å². The fraction of sp³-hybridized carbons (Fsp3) is 0.353. The third-order valence-electron chi connectivity index (χ3n) is 3.59. The Bertz CT molecular complexity index is 723. The van der Waals surface area contributed by atoms with Gasteiger partial charge >= 0.3 is 6.03 Å². The monoisotopic (exact) mass is 329 g/mol. The third-order valence-corrected chi connectivity index (χ3v) is 3.59. The zero-order valence-corrected chi connectivity index (χ0v) is 14.5. The number of carbonyl (C=O) groups is 2. The number of urea groups is 1. The smallest absolute Gasteiger partial charge is 0.321 e. The van der Waals surface area contributed by atoms with E-state index in [0.717, 1.165) is 17.1 Å². The molecule has 2 aromatic rings. The number of aromatic amines is 1. The first kappa shape index (κ1) is 17.5. The summed E-state index contributed by atoms with van der Waals surface area (Å²) in [5.74, 6) is 0.706. The molecule has 1 heterocycles. The summed E-state index contributed by atoms with van der Waals surface area (Å²) in [6, 6.07) is 7.06. The van der Waals surface area contributed by atoms with Crippen LogP contribution in [0.1, 0.15) is 17.1 Å². The van der Waals surface area contributed by atoms with Crippen LogP contribution in [0.5, 0.6) is 0 Å². The number of amides is 3. The Labute approximate surface area is 141 Å². The molecule has 0 bridgehead atoms. The van der Waals surface area contributed by atoms with E-state index in [1.807, 2.05) is 25.1 Å². The SMILES string of the molecule is Cc1cnc(CN(C)C(=O)Nc2ccccc2CC(=O)N(C)C)[nH]1. The van der Waals surface area contributed by atoms with Crippen LogP contribution < -0.4 is 5.32 Å². The molecule has 0 saturated carbocycles. The van der Waals surface area contributed by atoms with Crippen LogP contribution in [0.2, 0.25) is 0 Å². The molecule has 0 aliphatic rings. The van der Waals surface area contributed by atoms with E-state index in [0.29, 0.717) is 12.2 Å². The molecule has 128 valence electrons. The van der Waals surface area contributed by atoms with Crippen LogP contribution in [0, 0.1) is 6.92 Å². The standard InChI is InChI=1S/C17H23N5O2/c1-12-10-18-15(19-12)11-22(4)17(24)20-14-8-6-5-7-13(14)9-16(23)21(2)3/h5-8,10H,9,11H2,1-4H3,(H,18,19)(H,20,24). The predicted octanol–water partition coefficient (Wildman–Crippen LogP) is 2.01. The Kier molecular flexibility index (Phi) is 5.57. The van der Waals surface area contributed by atoms with Crippen molar-refractivity contribution in [1.82, 2.24) is 19.8 Å². The van der Waals surface area contributed by atoms with Gasteiger partial charge in [0.25, 0.3) is 0 Å². The van der Waals surface area contributed by atoms with E-state index in [9.17, 15) is 9.59 Å². The maximum atomic E-state index is 12.4. The highest BCUT2D eigenvalue weighted by Crippen LogP contribution is 2.17. The van der Waals surface area contributed by atoms with Gasteiger partial charge in [0.1, 0.15) is 5.82 Å². The zero-order chi connectivity index (χ0) is 17.7. The lowest BCUT2D eigenvalue weighted by Gasteiger charge is -2.19. The van der Waals surface area contributed by atoms with Gasteiger partial charge in [0.15, 0.2) is 0 Å². The molecular weight excluding hydrogens is 306 g/mol. The summed E-state index contributed by atoms with van der Waals surface area (Å²) in [6.07, 6.45) is 1.97. The highest BCUT2D eigenvalue weighted by molar-refractivity contribution is 5.91. The second-order valence-electron chi connectivity index (χ2n) is 5.92. The Hall–Kier alpha value is -2.83. The Morgan fingerprint density at radius 1 is 1.21 bits per heavy atom. The number of likely N-dealkylation sites (N-methyl/N-ethyl adjacent to an activating group) is 1. The van der Waals surface area contributed by atoms with E-state index in [1.54, 1.807) is 33.4 Å². The first-order valence-electron chi connectivity index (χ1n) is 7.67. The fourth-order valence-electron chi connectivity index (χ4n) is 2.17. The molecule has 7 nitrogen and oxygen atoms in total. The first-order chi connectivity index (χ1) is 11.4. The molecule has 0 saturated heterocycles. The van der Waals surface area contributed by atoms with Crippen LogP contribution >= 0.6 is 0 Å². The van der Waals surface area contributed by atoms with Gasteiger partial charge in [-0.3, -0.25) is 4.79 Å². The number of aryl methyl sites for hydroxylation is 1. The van der Waals surface area contributed by atoms with Gasteiger partial charge in [-0.1, -0.05) is 18.2 Å². The van der Waals surface area contributed by atoms with E-state index >= 15 is 0 Å². The van der Waals surface area contributed by atoms with Gasteiger partial charge in [0.2, 0.25) is 5.91 Å². The van der Waals surface area contributed by atoms with E-state index in [1.165, 1.54) is 9.80 Å². The molecule has 7 heteroatoms. The van der Waals surface area contributed by atoms with Crippen LogP contribution in [0.4, 0.5) is 10.5 Å². The molecule has 24 heavy (non-hydrogen) atoms. The van der Waals surface area contributed by atoms with Gasteiger partial charge in [0.05, 0.1) is 13.0 Å². The van der Waals surface area contributed by atoms with Gasteiger partial charge in [-0.05, 0) is 18.6 Å². The van der Waals surface area contributed by atoms with Crippen molar-refractivity contribution in [2.45, 2.75) is 19.9 Å². The first-order valence-corrected chi connectivity index (χ1v) is 7.67. The minimum atomic E-state index is -0.256. The number of imidazole rings is 1. The number of aromatic nitrogens is 2. The number of para-hydroxylation sites is 1. The molecule has 1 aromatic carbocycles. The van der Waals surface area contributed by atoms with Crippen molar-refractivity contribution in [2.75, 3.05) is 26.5 Å². The Morgan fingerprint density at radius 3 is 2.54 bits per heavy atom. The zero-order valence-electron chi connectivity index (χ0n) is 14.5. The van der Waals surface area contributed by atoms with Crippen molar-refractivity contribution in [3.63, 3.8) is 0 Å². The number of benzene rings is 1. The average molecular weight is 329 g/mol. The van der Waals surface area contributed by atoms with Crippen molar-refractivity contribution in [3.8, 4) is 0 Å². The summed E-state index contributed by atoms with van der Waals surface area (Å²) in [4.78, 5) is 34.6. The molecular formula is C17H23N5O2. The number of carbonyl (C=O) groups excluding carboxylic acids is 2. The van der Waals surface area contributed by atoms with Gasteiger partial charge in [-0.25, -0.2) is 9.78 Å². The average Bonchev–Trinajstić information content (AvgIpc) is 2.94. The number of rotatable bonds is 5. The van der Waals surface area contributed by atoms with Gasteiger partial charge < -0.3 is 20.1 Å². The van der Waals surface area contributed by atoms with E-state index in [2.05, 4.69) is 15.3 Å². The van der Waals surface area contributed by atoms with Gasteiger partial charge in [-0.2, -0.15) is 0 Å². The van der Waals surface area contributed by atoms with Crippen LogP contribution in [-0.4, -0.2) is 52.8 Å². The molecule has 0 aliphatic carbocycles. The summed E-state index contributed by atoms with van der Waals surface area (Å²) >= 11 is 0. The minimum absolute atomic E-state index is 0.0175. The largest absolute Gasteiger partial charge is 0.349 e. The number of nitrogens with zero attached hydrogens (tertiary/aromatic N) is 3. The molecule has 3 amide bonds. The second-order valence-corrected chi connectivity index (χ2v) is 5.92. The topological polar surface area (TPSA) is 81.3 Å². The van der Waals surface area contributed by atoms with Gasteiger partial charge in [-0.15, -0.1) is 0 Å². The van der Waals surface area contributed by atoms with Crippen molar-refractivity contribution in [2.24, 2.45) is 0 Å². The molecule has 0 spiro atoms. The summed E-state index contributed by atoms with van der Waals surface area (Å²) < 4.78 is 0. The summed E-state index contributed by atoms with van der Waals surface area (Å²) in [5.41, 5.74) is 2.37. The molecule has 0 radical (unpaired) electrons. The van der Waals surface area contributed by atoms with Crippen molar-refractivity contribution in [1.29, 1.82) is 0 Å². The molecule has 0 aliphatic heterocycles. The van der Waals surface area contributed by atoms with Crippen LogP contribution in [-0.2, 0) is 17.8 Å². The van der Waals surface area contributed by atoms with Crippen LogP contribution in [0.3, 0.4) is 0 Å². The normalized spacial score (nSPS) is 10.3. The highest BCUT2D eigenvalue weighted by Gasteiger charge is 2.14. The Balaban J connectivity index is 2.04. The highest BCUT2D eigenvalue weighted by atomic mass is 16.2. The maximum absolute atomic E-state index is 12.4. The van der Waals surface area contributed by atoms with E-state index < -0.39 is 0 Å². The molecule has 2 N–H and O–H groups in total. The van der Waals surface area contributed by atoms with Crippen molar-refractivity contribution in [3.05, 3.63) is 47.5 Å². The quantitative estimate of drug-likeness (QED) is 0.880. The van der Waals surface area contributed by atoms with Crippen LogP contribution in [0.25, 0.3) is 0 Å². The van der Waals surface area contributed by atoms with E-state index in [4.69, 9.17) is 0 Å². The molecule has 0 atom stereocenters. The van der Waals surface area contributed by atoms with Crippen molar-refractivity contribution >= 4 is 17.6 Å². The summed E-state index contributed by atoms with van der Waals surface area (Å²) in [6.45, 7) is 2.28. The Morgan fingerprint density at radius 2 is 1.92 bits per heavy atom. The number of anilines is 1. The second kappa shape index (κ2) is 7.63. The molecule has 1 aromatic heterocycles. The number of hydrogen-bond acceptors (Lipinski definition) is 3. The molecule has 0 unspecified atom stereocenters. The third kappa shape index (κ3) is 4.58. The lowest BCUT2D eigenvalue weighted by molar-refractivity contribution is -0.127. The maximum Gasteiger partial charge on any atom is 0.321 e. The van der Waals surface area contributed by atoms with Crippen LogP contribution in [0.15, 0.2) is 30.5 Å². The number of H-pyrrole nitrogens is 1. The number of hydrogen-bond donors (Lipinski definition) is 2.